The SMILES string of the molecule is CC(=O)c1c(C)c(C(=O)OC(C)(C)C)n2ncccc12. The lowest BCUT2D eigenvalue weighted by molar-refractivity contribution is 0.00596. The summed E-state index contributed by atoms with van der Waals surface area (Å²) in [4.78, 5) is 24.1. The van der Waals surface area contributed by atoms with E-state index < -0.39 is 11.6 Å². The van der Waals surface area contributed by atoms with Crippen LogP contribution in [0.1, 0.15) is 54.1 Å². The molecular weight excluding hydrogens is 256 g/mol. The summed E-state index contributed by atoms with van der Waals surface area (Å²) in [5.74, 6) is -0.570. The third-order valence-electron chi connectivity index (χ3n) is 2.89. The summed E-state index contributed by atoms with van der Waals surface area (Å²) < 4.78 is 6.87. The minimum Gasteiger partial charge on any atom is -0.455 e. The first-order valence-corrected chi connectivity index (χ1v) is 6.43. The second kappa shape index (κ2) is 4.74. The Morgan fingerprint density at radius 1 is 1.30 bits per heavy atom. The number of nitrogens with zero attached hydrogens (tertiary/aromatic N) is 2. The van der Waals surface area contributed by atoms with Crippen molar-refractivity contribution in [1.82, 2.24) is 9.61 Å². The van der Waals surface area contributed by atoms with Crippen LogP contribution in [0.4, 0.5) is 0 Å². The van der Waals surface area contributed by atoms with Crippen LogP contribution in [0.3, 0.4) is 0 Å². The number of hydrogen-bond acceptors (Lipinski definition) is 4. The number of fused-ring (bicyclic) bond motifs is 1. The maximum absolute atomic E-state index is 12.3. The van der Waals surface area contributed by atoms with E-state index in [4.69, 9.17) is 4.74 Å². The van der Waals surface area contributed by atoms with Crippen LogP contribution in [0.15, 0.2) is 18.3 Å². The molecule has 0 aromatic carbocycles. The lowest BCUT2D eigenvalue weighted by atomic mass is 10.1. The number of carbonyl (C=O) groups is 2. The molecule has 2 aromatic heterocycles. The Morgan fingerprint density at radius 2 is 1.95 bits per heavy atom. The number of esters is 1. The minimum atomic E-state index is -0.598. The molecule has 2 aromatic rings. The van der Waals surface area contributed by atoms with E-state index in [1.165, 1.54) is 11.4 Å². The maximum atomic E-state index is 12.3. The quantitative estimate of drug-likeness (QED) is 0.624. The van der Waals surface area contributed by atoms with Gasteiger partial charge in [-0.25, -0.2) is 9.31 Å². The Bertz CT molecular complexity index is 693. The monoisotopic (exact) mass is 274 g/mol. The van der Waals surface area contributed by atoms with Crippen LogP contribution in [0, 0.1) is 6.92 Å². The number of ketones is 1. The molecule has 2 rings (SSSR count). The molecule has 0 atom stereocenters. The van der Waals surface area contributed by atoms with Crippen molar-refractivity contribution in [3.05, 3.63) is 35.2 Å². The van der Waals surface area contributed by atoms with Gasteiger partial charge in [-0.3, -0.25) is 4.79 Å². The molecule has 0 aliphatic rings. The van der Waals surface area contributed by atoms with E-state index in [0.29, 0.717) is 22.3 Å². The van der Waals surface area contributed by atoms with Crippen LogP contribution in [-0.2, 0) is 4.74 Å². The molecule has 0 saturated heterocycles. The first-order chi connectivity index (χ1) is 9.22. The molecule has 0 aliphatic carbocycles. The van der Waals surface area contributed by atoms with Crippen molar-refractivity contribution in [2.75, 3.05) is 0 Å². The van der Waals surface area contributed by atoms with Crippen LogP contribution in [0.2, 0.25) is 0 Å². The second-order valence-electron chi connectivity index (χ2n) is 5.73. The van der Waals surface area contributed by atoms with Crippen LogP contribution >= 0.6 is 0 Å². The summed E-state index contributed by atoms with van der Waals surface area (Å²) >= 11 is 0. The Hall–Kier alpha value is -2.17. The molecule has 20 heavy (non-hydrogen) atoms. The fraction of sp³-hybridized carbons (Fsp3) is 0.400. The van der Waals surface area contributed by atoms with Gasteiger partial charge >= 0.3 is 5.97 Å². The summed E-state index contributed by atoms with van der Waals surface area (Å²) in [6, 6.07) is 3.50. The van der Waals surface area contributed by atoms with Gasteiger partial charge in [0.1, 0.15) is 5.60 Å². The van der Waals surface area contributed by atoms with Crippen LogP contribution < -0.4 is 0 Å². The highest BCUT2D eigenvalue weighted by Gasteiger charge is 2.27. The molecule has 5 heteroatoms. The van der Waals surface area contributed by atoms with Crippen molar-refractivity contribution in [3.63, 3.8) is 0 Å². The van der Waals surface area contributed by atoms with Crippen LogP contribution in [-0.4, -0.2) is 27.0 Å². The average Bonchev–Trinajstić information content (AvgIpc) is 2.58. The smallest absolute Gasteiger partial charge is 0.357 e. The van der Waals surface area contributed by atoms with Crippen molar-refractivity contribution in [2.24, 2.45) is 0 Å². The van der Waals surface area contributed by atoms with E-state index in [1.54, 1.807) is 46.0 Å². The summed E-state index contributed by atoms with van der Waals surface area (Å²) in [5.41, 5.74) is 1.45. The van der Waals surface area contributed by atoms with E-state index in [9.17, 15) is 9.59 Å². The van der Waals surface area contributed by atoms with Crippen molar-refractivity contribution in [3.8, 4) is 0 Å². The average molecular weight is 274 g/mol. The predicted molar refractivity (Wildman–Crippen MR) is 75.1 cm³/mol. The van der Waals surface area contributed by atoms with Gasteiger partial charge in [0, 0.05) is 11.8 Å². The van der Waals surface area contributed by atoms with Gasteiger partial charge in [0.2, 0.25) is 0 Å². The standard InChI is InChI=1S/C15H18N2O3/c1-9-12(10(2)18)11-7-6-8-16-17(11)13(9)14(19)20-15(3,4)5/h6-8H,1-5H3. The maximum Gasteiger partial charge on any atom is 0.357 e. The Kier molecular flexibility index (Phi) is 3.38. The van der Waals surface area contributed by atoms with Gasteiger partial charge in [0.25, 0.3) is 0 Å². The van der Waals surface area contributed by atoms with Gasteiger partial charge in [0.05, 0.1) is 5.52 Å². The third kappa shape index (κ3) is 2.43. The highest BCUT2D eigenvalue weighted by molar-refractivity contribution is 6.06. The lowest BCUT2D eigenvalue weighted by Crippen LogP contribution is -2.25. The molecule has 0 saturated carbocycles. The van der Waals surface area contributed by atoms with Gasteiger partial charge in [0.15, 0.2) is 11.5 Å². The lowest BCUT2D eigenvalue weighted by Gasteiger charge is -2.19. The Morgan fingerprint density at radius 3 is 2.50 bits per heavy atom. The van der Waals surface area contributed by atoms with Crippen molar-refractivity contribution < 1.29 is 14.3 Å². The summed E-state index contributed by atoms with van der Waals surface area (Å²) in [6.07, 6.45) is 1.57. The molecule has 0 N–H and O–H groups in total. The molecule has 0 radical (unpaired) electrons. The molecule has 0 amide bonds. The predicted octanol–water partition coefficient (Wildman–Crippen LogP) is 2.80. The largest absolute Gasteiger partial charge is 0.455 e. The molecule has 0 spiro atoms. The Balaban J connectivity index is 2.68. The number of rotatable bonds is 2. The first kappa shape index (κ1) is 14.2. The van der Waals surface area contributed by atoms with Gasteiger partial charge in [-0.15, -0.1) is 0 Å². The summed E-state index contributed by atoms with van der Waals surface area (Å²) in [5, 5.41) is 4.16. The number of carbonyl (C=O) groups excluding carboxylic acids is 2. The highest BCUT2D eigenvalue weighted by Crippen LogP contribution is 2.24. The fourth-order valence-corrected chi connectivity index (χ4v) is 2.22. The van der Waals surface area contributed by atoms with Crippen LogP contribution in [0.5, 0.6) is 0 Å². The zero-order chi connectivity index (χ0) is 15.1. The molecule has 5 nitrogen and oxygen atoms in total. The molecule has 0 aliphatic heterocycles. The third-order valence-corrected chi connectivity index (χ3v) is 2.89. The Labute approximate surface area is 117 Å². The molecule has 106 valence electrons. The van der Waals surface area contributed by atoms with E-state index in [0.717, 1.165) is 0 Å². The summed E-state index contributed by atoms with van der Waals surface area (Å²) in [7, 11) is 0. The molecule has 0 unspecified atom stereocenters. The zero-order valence-corrected chi connectivity index (χ0v) is 12.4. The van der Waals surface area contributed by atoms with Gasteiger partial charge in [-0.05, 0) is 52.3 Å². The van der Waals surface area contributed by atoms with Crippen molar-refractivity contribution in [1.29, 1.82) is 0 Å². The zero-order valence-electron chi connectivity index (χ0n) is 12.4. The molecule has 0 bridgehead atoms. The molecular formula is C15H18N2O3. The molecule has 0 fully saturated rings. The van der Waals surface area contributed by atoms with Crippen molar-refractivity contribution >= 4 is 17.3 Å². The van der Waals surface area contributed by atoms with Crippen molar-refractivity contribution in [2.45, 2.75) is 40.2 Å². The number of Topliss-reactive ketones (excluding diaryl/α,β-unsaturated/α-hetero) is 1. The van der Waals surface area contributed by atoms with Crippen LogP contribution in [0.25, 0.3) is 5.52 Å². The molecule has 2 heterocycles. The van der Waals surface area contributed by atoms with Gasteiger partial charge in [-0.2, -0.15) is 5.10 Å². The van der Waals surface area contributed by atoms with E-state index in [1.807, 2.05) is 0 Å². The number of ether oxygens (including phenoxy) is 1. The normalized spacial score (nSPS) is 11.7. The topological polar surface area (TPSA) is 60.7 Å². The van der Waals surface area contributed by atoms with E-state index >= 15 is 0 Å². The number of hydrogen-bond donors (Lipinski definition) is 0. The van der Waals surface area contributed by atoms with Gasteiger partial charge < -0.3 is 4.74 Å². The van der Waals surface area contributed by atoms with E-state index in [-0.39, 0.29) is 5.78 Å². The minimum absolute atomic E-state index is 0.0946. The summed E-state index contributed by atoms with van der Waals surface area (Å²) in [6.45, 7) is 8.62. The number of aromatic nitrogens is 2. The van der Waals surface area contributed by atoms with E-state index in [2.05, 4.69) is 5.10 Å². The highest BCUT2D eigenvalue weighted by atomic mass is 16.6. The first-order valence-electron chi connectivity index (χ1n) is 6.43. The second-order valence-corrected chi connectivity index (χ2v) is 5.73. The van der Waals surface area contributed by atoms with Gasteiger partial charge in [-0.1, -0.05) is 0 Å². The fourth-order valence-electron chi connectivity index (χ4n) is 2.22.